The van der Waals surface area contributed by atoms with Crippen molar-refractivity contribution >= 4 is 29.7 Å². The minimum atomic E-state index is 0. The lowest BCUT2D eigenvalue weighted by atomic mass is 9.96. The summed E-state index contributed by atoms with van der Waals surface area (Å²) in [5.41, 5.74) is 2.11. The van der Waals surface area contributed by atoms with Gasteiger partial charge in [-0.05, 0) is 49.1 Å². The molecule has 1 fully saturated rings. The molecule has 1 heterocycles. The van der Waals surface area contributed by atoms with Crippen LogP contribution in [0.15, 0.2) is 65.0 Å². The number of nitrogens with zero attached hydrogens (tertiary/aromatic N) is 2. The summed E-state index contributed by atoms with van der Waals surface area (Å²) in [6.07, 6.45) is 8.89. The monoisotopic (exact) mass is 513 g/mol. The Morgan fingerprint density at radius 3 is 2.49 bits per heavy atom. The maximum absolute atomic E-state index is 12.7. The highest BCUT2D eigenvalue weighted by atomic mass is 35.5. The second-order valence-electron chi connectivity index (χ2n) is 8.95. The predicted molar refractivity (Wildman–Crippen MR) is 145 cm³/mol. The molecule has 2 aromatic carbocycles. The van der Waals surface area contributed by atoms with E-state index in [0.29, 0.717) is 19.0 Å². The summed E-state index contributed by atoms with van der Waals surface area (Å²) < 4.78 is 8.12. The highest BCUT2D eigenvalue weighted by Gasteiger charge is 2.14. The molecule has 1 aliphatic rings. The van der Waals surface area contributed by atoms with Crippen molar-refractivity contribution in [2.45, 2.75) is 77.4 Å². The van der Waals surface area contributed by atoms with Crippen LogP contribution in [0.2, 0.25) is 0 Å². The first kappa shape index (κ1) is 27.0. The number of hydrogen-bond donors (Lipinski definition) is 1. The summed E-state index contributed by atoms with van der Waals surface area (Å²) in [7, 11) is 0. The van der Waals surface area contributed by atoms with Crippen LogP contribution in [0.5, 0.6) is 11.5 Å². The summed E-state index contributed by atoms with van der Waals surface area (Å²) in [4.78, 5) is 18.9. The van der Waals surface area contributed by atoms with Crippen LogP contribution in [-0.2, 0) is 24.3 Å². The molecule has 0 spiro atoms. The Bertz CT molecular complexity index is 1100. The van der Waals surface area contributed by atoms with E-state index in [9.17, 15) is 4.79 Å². The lowest BCUT2D eigenvalue weighted by Gasteiger charge is -2.17. The molecule has 5 nitrogen and oxygen atoms in total. The SMILES string of the molecule is CCCCn1c(CC(=O)NCc2ccc(Oc3ccccc3)cc2)csc1=NC1CCCCC1.Cl. The van der Waals surface area contributed by atoms with Crippen molar-refractivity contribution < 1.29 is 9.53 Å². The first-order valence-corrected chi connectivity index (χ1v) is 13.4. The van der Waals surface area contributed by atoms with E-state index >= 15 is 0 Å². The Kier molecular flexibility index (Phi) is 10.9. The normalized spacial score (nSPS) is 14.4. The van der Waals surface area contributed by atoms with Gasteiger partial charge in [-0.2, -0.15) is 0 Å². The molecule has 0 unspecified atom stereocenters. The maximum Gasteiger partial charge on any atom is 0.226 e. The average molecular weight is 514 g/mol. The minimum absolute atomic E-state index is 0. The largest absolute Gasteiger partial charge is 0.457 e. The van der Waals surface area contributed by atoms with Crippen LogP contribution in [-0.4, -0.2) is 16.5 Å². The summed E-state index contributed by atoms with van der Waals surface area (Å²) in [5, 5.41) is 5.19. The molecule has 1 amide bonds. The summed E-state index contributed by atoms with van der Waals surface area (Å²) in [6, 6.07) is 18.0. The van der Waals surface area contributed by atoms with Crippen LogP contribution in [0.25, 0.3) is 0 Å². The fourth-order valence-corrected chi connectivity index (χ4v) is 5.26. The third kappa shape index (κ3) is 8.25. The molecule has 0 radical (unpaired) electrons. The smallest absolute Gasteiger partial charge is 0.226 e. The second kappa shape index (κ2) is 14.1. The Hall–Kier alpha value is -2.57. The molecule has 7 heteroatoms. The molecule has 1 N–H and O–H groups in total. The number of ether oxygens (including phenoxy) is 1. The van der Waals surface area contributed by atoms with Crippen molar-refractivity contribution in [3.63, 3.8) is 0 Å². The Labute approximate surface area is 218 Å². The van der Waals surface area contributed by atoms with Crippen LogP contribution in [0.4, 0.5) is 0 Å². The lowest BCUT2D eigenvalue weighted by Crippen LogP contribution is -2.28. The van der Waals surface area contributed by atoms with Gasteiger partial charge in [0, 0.05) is 24.2 Å². The molecule has 3 aromatic rings. The molecule has 1 saturated carbocycles. The van der Waals surface area contributed by atoms with E-state index in [-0.39, 0.29) is 18.3 Å². The molecular formula is C28H36ClN3O2S. The number of halogens is 1. The second-order valence-corrected chi connectivity index (χ2v) is 9.78. The van der Waals surface area contributed by atoms with Crippen molar-refractivity contribution in [2.24, 2.45) is 4.99 Å². The number of aromatic nitrogens is 1. The predicted octanol–water partition coefficient (Wildman–Crippen LogP) is 6.66. The zero-order valence-corrected chi connectivity index (χ0v) is 22.1. The highest BCUT2D eigenvalue weighted by molar-refractivity contribution is 7.07. The van der Waals surface area contributed by atoms with Crippen LogP contribution in [0.1, 0.15) is 63.1 Å². The van der Waals surface area contributed by atoms with Gasteiger partial charge in [0.2, 0.25) is 5.91 Å². The number of para-hydroxylation sites is 1. The van der Waals surface area contributed by atoms with Gasteiger partial charge in [-0.1, -0.05) is 62.9 Å². The number of hydrogen-bond acceptors (Lipinski definition) is 4. The first-order valence-electron chi connectivity index (χ1n) is 12.5. The van der Waals surface area contributed by atoms with Gasteiger partial charge in [0.1, 0.15) is 11.5 Å². The summed E-state index contributed by atoms with van der Waals surface area (Å²) >= 11 is 1.68. The molecule has 0 atom stereocenters. The number of nitrogens with one attached hydrogen (secondary N) is 1. The van der Waals surface area contributed by atoms with Crippen LogP contribution < -0.4 is 14.9 Å². The van der Waals surface area contributed by atoms with Crippen molar-refractivity contribution in [2.75, 3.05) is 0 Å². The quantitative estimate of drug-likeness (QED) is 0.329. The van der Waals surface area contributed by atoms with Gasteiger partial charge in [-0.15, -0.1) is 23.7 Å². The topological polar surface area (TPSA) is 55.6 Å². The van der Waals surface area contributed by atoms with Gasteiger partial charge in [0.25, 0.3) is 0 Å². The Morgan fingerprint density at radius 2 is 1.77 bits per heavy atom. The fourth-order valence-electron chi connectivity index (χ4n) is 4.26. The number of thiazole rings is 1. The van der Waals surface area contributed by atoms with Gasteiger partial charge in [0.05, 0.1) is 12.5 Å². The van der Waals surface area contributed by atoms with E-state index in [1.807, 2.05) is 54.6 Å². The van der Waals surface area contributed by atoms with Crippen LogP contribution >= 0.6 is 23.7 Å². The van der Waals surface area contributed by atoms with E-state index in [2.05, 4.69) is 22.2 Å². The third-order valence-corrected chi connectivity index (χ3v) is 7.14. The number of carbonyl (C=O) groups is 1. The molecule has 4 rings (SSSR count). The summed E-state index contributed by atoms with van der Waals surface area (Å²) in [5.74, 6) is 1.63. The zero-order chi connectivity index (χ0) is 23.6. The zero-order valence-electron chi connectivity index (χ0n) is 20.4. The molecule has 1 aromatic heterocycles. The molecule has 0 saturated heterocycles. The molecular weight excluding hydrogens is 478 g/mol. The standard InChI is InChI=1S/C28H35N3O2S.ClH/c1-2-3-18-31-24(21-34-28(31)30-23-10-6-4-7-11-23)19-27(32)29-20-22-14-16-26(17-15-22)33-25-12-8-5-9-13-25;/h5,8-9,12-17,21,23H,2-4,6-7,10-11,18-20H2,1H3,(H,29,32);1H. The summed E-state index contributed by atoms with van der Waals surface area (Å²) in [6.45, 7) is 3.63. The maximum atomic E-state index is 12.7. The van der Waals surface area contributed by atoms with Gasteiger partial charge < -0.3 is 14.6 Å². The van der Waals surface area contributed by atoms with E-state index in [1.165, 1.54) is 32.1 Å². The van der Waals surface area contributed by atoms with Gasteiger partial charge in [0.15, 0.2) is 4.80 Å². The van der Waals surface area contributed by atoms with Crippen molar-refractivity contribution in [3.8, 4) is 11.5 Å². The lowest BCUT2D eigenvalue weighted by molar-refractivity contribution is -0.120. The van der Waals surface area contributed by atoms with E-state index in [1.54, 1.807) is 11.3 Å². The minimum Gasteiger partial charge on any atom is -0.457 e. The molecule has 0 aliphatic heterocycles. The molecule has 1 aliphatic carbocycles. The van der Waals surface area contributed by atoms with Crippen LogP contribution in [0.3, 0.4) is 0 Å². The fraction of sp³-hybridized carbons (Fsp3) is 0.429. The first-order chi connectivity index (χ1) is 16.7. The van der Waals surface area contributed by atoms with Gasteiger partial charge >= 0.3 is 0 Å². The van der Waals surface area contributed by atoms with Crippen molar-refractivity contribution in [3.05, 3.63) is 76.0 Å². The average Bonchev–Trinajstić information content (AvgIpc) is 3.24. The molecule has 188 valence electrons. The van der Waals surface area contributed by atoms with Crippen molar-refractivity contribution in [1.29, 1.82) is 0 Å². The molecule has 35 heavy (non-hydrogen) atoms. The van der Waals surface area contributed by atoms with E-state index in [4.69, 9.17) is 9.73 Å². The van der Waals surface area contributed by atoms with E-state index < -0.39 is 0 Å². The Morgan fingerprint density at radius 1 is 1.06 bits per heavy atom. The van der Waals surface area contributed by atoms with Crippen LogP contribution in [0, 0.1) is 0 Å². The van der Waals surface area contributed by atoms with Gasteiger partial charge in [-0.25, -0.2) is 0 Å². The van der Waals surface area contributed by atoms with E-state index in [0.717, 1.165) is 46.9 Å². The number of carbonyl (C=O) groups excluding carboxylic acids is 1. The highest BCUT2D eigenvalue weighted by Crippen LogP contribution is 2.22. The number of amides is 1. The van der Waals surface area contributed by atoms with Crippen molar-refractivity contribution in [1.82, 2.24) is 9.88 Å². The Balaban J connectivity index is 0.00000342. The third-order valence-electron chi connectivity index (χ3n) is 6.21. The number of rotatable bonds is 10. The van der Waals surface area contributed by atoms with Gasteiger partial charge in [-0.3, -0.25) is 9.79 Å². The number of unbranched alkanes of at least 4 members (excludes halogenated alkanes) is 1. The number of benzene rings is 2. The molecule has 0 bridgehead atoms.